The van der Waals surface area contributed by atoms with E-state index in [4.69, 9.17) is 8.83 Å². The van der Waals surface area contributed by atoms with E-state index in [0.29, 0.717) is 16.9 Å². The number of furan rings is 1. The van der Waals surface area contributed by atoms with E-state index in [-0.39, 0.29) is 29.1 Å². The fourth-order valence-electron chi connectivity index (χ4n) is 2.43. The van der Waals surface area contributed by atoms with Crippen molar-refractivity contribution in [2.45, 2.75) is 25.2 Å². The summed E-state index contributed by atoms with van der Waals surface area (Å²) in [5, 5.41) is 10.2. The highest BCUT2D eigenvalue weighted by Gasteiger charge is 2.16. The number of carbonyl (C=O) groups is 1. The maximum absolute atomic E-state index is 12.1. The molecule has 0 fully saturated rings. The molecule has 136 valence electrons. The smallest absolute Gasteiger partial charge is 0.322 e. The second kappa shape index (κ2) is 6.75. The van der Waals surface area contributed by atoms with Crippen LogP contribution in [0.5, 0.6) is 0 Å². The van der Waals surface area contributed by atoms with Crippen LogP contribution in [0, 0.1) is 13.8 Å². The first-order valence-electron chi connectivity index (χ1n) is 7.72. The fourth-order valence-corrected chi connectivity index (χ4v) is 3.06. The number of carbonyl (C=O) groups excluding carboxylic acids is 1. The summed E-state index contributed by atoms with van der Waals surface area (Å²) in [4.78, 5) is 12.3. The molecule has 2 aromatic heterocycles. The number of hydrogen-bond donors (Lipinski definition) is 1. The minimum Gasteiger partial charge on any atom is -0.466 e. The van der Waals surface area contributed by atoms with Crippen LogP contribution in [-0.4, -0.2) is 30.8 Å². The topological polar surface area (TPSA) is 115 Å². The third-order valence-corrected chi connectivity index (χ3v) is 4.79. The molecule has 0 aliphatic rings. The van der Waals surface area contributed by atoms with Crippen molar-refractivity contribution in [3.63, 3.8) is 0 Å². The Morgan fingerprint density at radius 3 is 2.38 bits per heavy atom. The lowest BCUT2D eigenvalue weighted by Gasteiger charge is -2.03. The van der Waals surface area contributed by atoms with Crippen LogP contribution in [-0.2, 0) is 21.1 Å². The van der Waals surface area contributed by atoms with Gasteiger partial charge in [-0.3, -0.25) is 10.1 Å². The summed E-state index contributed by atoms with van der Waals surface area (Å²) < 4.78 is 33.7. The third kappa shape index (κ3) is 3.99. The van der Waals surface area contributed by atoms with Crippen LogP contribution in [0.4, 0.5) is 6.01 Å². The highest BCUT2D eigenvalue weighted by molar-refractivity contribution is 7.90. The van der Waals surface area contributed by atoms with E-state index >= 15 is 0 Å². The van der Waals surface area contributed by atoms with Crippen molar-refractivity contribution < 1.29 is 22.0 Å². The van der Waals surface area contributed by atoms with Crippen molar-refractivity contribution in [1.29, 1.82) is 0 Å². The Bertz CT molecular complexity index is 1050. The Morgan fingerprint density at radius 1 is 1.12 bits per heavy atom. The molecule has 0 radical (unpaired) electrons. The molecule has 9 heteroatoms. The first-order valence-corrected chi connectivity index (χ1v) is 9.61. The van der Waals surface area contributed by atoms with Gasteiger partial charge < -0.3 is 8.83 Å². The van der Waals surface area contributed by atoms with E-state index in [1.807, 2.05) is 6.92 Å². The number of anilines is 1. The van der Waals surface area contributed by atoms with Crippen molar-refractivity contribution in [2.75, 3.05) is 11.6 Å². The molecule has 1 amide bonds. The summed E-state index contributed by atoms with van der Waals surface area (Å²) in [6.45, 7) is 3.59. The molecular formula is C17H17N3O5S. The monoisotopic (exact) mass is 375 g/mol. The minimum atomic E-state index is -3.26. The maximum atomic E-state index is 12.1. The van der Waals surface area contributed by atoms with Gasteiger partial charge in [-0.2, -0.15) is 0 Å². The zero-order valence-electron chi connectivity index (χ0n) is 14.4. The van der Waals surface area contributed by atoms with Gasteiger partial charge in [0.05, 0.1) is 16.9 Å². The van der Waals surface area contributed by atoms with Crippen LogP contribution < -0.4 is 5.32 Å². The molecule has 2 heterocycles. The molecule has 1 aromatic carbocycles. The van der Waals surface area contributed by atoms with Crippen LogP contribution in [0.15, 0.2) is 44.1 Å². The quantitative estimate of drug-likeness (QED) is 0.728. The van der Waals surface area contributed by atoms with Crippen molar-refractivity contribution in [3.05, 3.63) is 47.4 Å². The standard InChI is InChI=1S/C17H17N3O5S/c1-10-8-14(11(2)24-10)16-19-20-17(25-16)18-15(21)9-12-4-6-13(7-5-12)26(3,22)23/h4-8H,9H2,1-3H3,(H,18,20,21). The summed E-state index contributed by atoms with van der Waals surface area (Å²) in [5.41, 5.74) is 1.34. The van der Waals surface area contributed by atoms with Gasteiger partial charge in [-0.25, -0.2) is 8.42 Å². The first-order chi connectivity index (χ1) is 12.2. The number of nitrogens with one attached hydrogen (secondary N) is 1. The molecule has 0 aliphatic heterocycles. The number of aryl methyl sites for hydroxylation is 2. The van der Waals surface area contributed by atoms with E-state index < -0.39 is 9.84 Å². The number of amides is 1. The minimum absolute atomic E-state index is 0.0176. The summed E-state index contributed by atoms with van der Waals surface area (Å²) in [6, 6.07) is 7.87. The Kier molecular flexibility index (Phi) is 4.64. The molecule has 0 bridgehead atoms. The van der Waals surface area contributed by atoms with Crippen LogP contribution in [0.25, 0.3) is 11.5 Å². The average Bonchev–Trinajstić information content (AvgIpc) is 3.12. The van der Waals surface area contributed by atoms with Gasteiger partial charge in [0.15, 0.2) is 9.84 Å². The highest BCUT2D eigenvalue weighted by Crippen LogP contribution is 2.26. The summed E-state index contributed by atoms with van der Waals surface area (Å²) in [7, 11) is -3.26. The molecule has 0 spiro atoms. The molecule has 3 rings (SSSR count). The van der Waals surface area contributed by atoms with E-state index in [1.54, 1.807) is 25.1 Å². The van der Waals surface area contributed by atoms with Gasteiger partial charge in [0.2, 0.25) is 5.91 Å². The Hall–Kier alpha value is -2.94. The third-order valence-electron chi connectivity index (χ3n) is 3.66. The van der Waals surface area contributed by atoms with Gasteiger partial charge in [0.1, 0.15) is 11.5 Å². The summed E-state index contributed by atoms with van der Waals surface area (Å²) in [5.74, 6) is 1.27. The van der Waals surface area contributed by atoms with Gasteiger partial charge in [0, 0.05) is 6.26 Å². The molecule has 0 saturated carbocycles. The van der Waals surface area contributed by atoms with Crippen LogP contribution in [0.2, 0.25) is 0 Å². The van der Waals surface area contributed by atoms with Gasteiger partial charge >= 0.3 is 6.01 Å². The van der Waals surface area contributed by atoms with Gasteiger partial charge in [-0.1, -0.05) is 17.2 Å². The number of aromatic nitrogens is 2. The number of benzene rings is 1. The number of nitrogens with zero attached hydrogens (tertiary/aromatic N) is 2. The van der Waals surface area contributed by atoms with Crippen molar-refractivity contribution >= 4 is 21.8 Å². The van der Waals surface area contributed by atoms with Crippen molar-refractivity contribution in [3.8, 4) is 11.5 Å². The molecule has 1 N–H and O–H groups in total. The van der Waals surface area contributed by atoms with Crippen LogP contribution in [0.3, 0.4) is 0 Å². The summed E-state index contributed by atoms with van der Waals surface area (Å²) in [6.07, 6.45) is 1.18. The SMILES string of the molecule is Cc1cc(-c2nnc(NC(=O)Cc3ccc(S(C)(=O)=O)cc3)o2)c(C)o1. The number of hydrogen-bond acceptors (Lipinski definition) is 7. The predicted molar refractivity (Wildman–Crippen MR) is 93.4 cm³/mol. The summed E-state index contributed by atoms with van der Waals surface area (Å²) >= 11 is 0. The normalized spacial score (nSPS) is 11.5. The Balaban J connectivity index is 1.66. The van der Waals surface area contributed by atoms with E-state index in [1.165, 1.54) is 12.1 Å². The van der Waals surface area contributed by atoms with Crippen molar-refractivity contribution in [2.24, 2.45) is 0 Å². The van der Waals surface area contributed by atoms with Crippen LogP contribution in [0.1, 0.15) is 17.1 Å². The van der Waals surface area contributed by atoms with E-state index in [9.17, 15) is 13.2 Å². The maximum Gasteiger partial charge on any atom is 0.322 e. The van der Waals surface area contributed by atoms with E-state index in [0.717, 1.165) is 12.0 Å². The molecule has 0 aliphatic carbocycles. The molecule has 26 heavy (non-hydrogen) atoms. The lowest BCUT2D eigenvalue weighted by atomic mass is 10.1. The first kappa shape index (κ1) is 17.9. The predicted octanol–water partition coefficient (Wildman–Crippen LogP) is 2.53. The average molecular weight is 375 g/mol. The largest absolute Gasteiger partial charge is 0.466 e. The fraction of sp³-hybridized carbons (Fsp3) is 0.235. The second-order valence-corrected chi connectivity index (χ2v) is 7.90. The zero-order valence-corrected chi connectivity index (χ0v) is 15.3. The van der Waals surface area contributed by atoms with Crippen LogP contribution >= 0.6 is 0 Å². The molecular weight excluding hydrogens is 358 g/mol. The zero-order chi connectivity index (χ0) is 18.9. The lowest BCUT2D eigenvalue weighted by Crippen LogP contribution is -2.14. The van der Waals surface area contributed by atoms with E-state index in [2.05, 4.69) is 15.5 Å². The highest BCUT2D eigenvalue weighted by atomic mass is 32.2. The molecule has 0 saturated heterocycles. The second-order valence-electron chi connectivity index (χ2n) is 5.88. The van der Waals surface area contributed by atoms with Gasteiger partial charge in [0.25, 0.3) is 5.89 Å². The Labute approximate surface area is 150 Å². The number of rotatable bonds is 5. The molecule has 0 atom stereocenters. The van der Waals surface area contributed by atoms with Crippen molar-refractivity contribution in [1.82, 2.24) is 10.2 Å². The number of sulfone groups is 1. The molecule has 3 aromatic rings. The lowest BCUT2D eigenvalue weighted by molar-refractivity contribution is -0.115. The van der Waals surface area contributed by atoms with Gasteiger partial charge in [-0.05, 0) is 37.6 Å². The molecule has 0 unspecified atom stereocenters. The molecule has 8 nitrogen and oxygen atoms in total. The Morgan fingerprint density at radius 2 is 1.81 bits per heavy atom. The van der Waals surface area contributed by atoms with Gasteiger partial charge in [-0.15, -0.1) is 5.10 Å².